The molecule has 0 radical (unpaired) electrons. The molecule has 0 atom stereocenters. The Morgan fingerprint density at radius 2 is 1.41 bits per heavy atom. The van der Waals surface area contributed by atoms with Crippen molar-refractivity contribution in [3.63, 3.8) is 0 Å². The van der Waals surface area contributed by atoms with Crippen LogP contribution in [-0.4, -0.2) is 5.91 Å². The van der Waals surface area contributed by atoms with Crippen molar-refractivity contribution in [1.82, 2.24) is 5.43 Å². The average molecular weight is 401 g/mol. The smallest absolute Gasteiger partial charge is 0.305 e. The Balaban J connectivity index is 1.93. The number of benzene rings is 3. The third-order valence-electron chi connectivity index (χ3n) is 4.30. The van der Waals surface area contributed by atoms with E-state index in [-0.39, 0.29) is 27.1 Å². The summed E-state index contributed by atoms with van der Waals surface area (Å²) in [7, 11) is 0. The lowest BCUT2D eigenvalue weighted by molar-refractivity contribution is -0.0458. The van der Waals surface area contributed by atoms with Crippen LogP contribution in [0, 0.1) is 0 Å². The Morgan fingerprint density at radius 3 is 1.93 bits per heavy atom. The Kier molecular flexibility index (Phi) is 4.44. The lowest BCUT2D eigenvalue weighted by atomic mass is 9.97. The quantitative estimate of drug-likeness (QED) is 0.391. The monoisotopic (exact) mass is 400 g/mol. The van der Waals surface area contributed by atoms with Crippen molar-refractivity contribution in [3.8, 4) is 11.5 Å². The lowest BCUT2D eigenvalue weighted by Crippen LogP contribution is -2.36. The number of nitrogens with one attached hydrogen (secondary N) is 1. The molecule has 1 aliphatic rings. The maximum Gasteiger partial charge on any atom is 0.305 e. The second kappa shape index (κ2) is 6.78. The highest BCUT2D eigenvalue weighted by Gasteiger charge is 2.47. The van der Waals surface area contributed by atoms with E-state index in [1.54, 1.807) is 0 Å². The van der Waals surface area contributed by atoms with Crippen molar-refractivity contribution < 1.29 is 14.3 Å². The van der Waals surface area contributed by atoms with Crippen LogP contribution >= 0.6 is 23.2 Å². The number of amides is 1. The van der Waals surface area contributed by atoms with Gasteiger partial charge in [-0.3, -0.25) is 10.2 Å². The number of nitrogens with two attached hydrogens (primary N) is 1. The van der Waals surface area contributed by atoms with Gasteiger partial charge in [-0.2, -0.15) is 0 Å². The molecule has 0 unspecified atom stereocenters. The molecule has 136 valence electrons. The fourth-order valence-electron chi connectivity index (χ4n) is 3.04. The van der Waals surface area contributed by atoms with Crippen molar-refractivity contribution in [2.45, 2.75) is 5.79 Å². The molecule has 3 N–H and O–H groups in total. The minimum atomic E-state index is -1.28. The molecule has 0 saturated heterocycles. The summed E-state index contributed by atoms with van der Waals surface area (Å²) < 4.78 is 12.5. The van der Waals surface area contributed by atoms with E-state index in [0.29, 0.717) is 0 Å². The molecule has 5 nitrogen and oxygen atoms in total. The molecule has 7 heteroatoms. The van der Waals surface area contributed by atoms with Gasteiger partial charge in [-0.15, -0.1) is 0 Å². The van der Waals surface area contributed by atoms with E-state index < -0.39 is 11.7 Å². The van der Waals surface area contributed by atoms with Gasteiger partial charge in [0.2, 0.25) is 0 Å². The summed E-state index contributed by atoms with van der Waals surface area (Å²) in [5.74, 6) is 3.83. The van der Waals surface area contributed by atoms with Crippen LogP contribution in [0.4, 0.5) is 0 Å². The van der Waals surface area contributed by atoms with Gasteiger partial charge in [0, 0.05) is 11.1 Å². The van der Waals surface area contributed by atoms with E-state index in [9.17, 15) is 4.79 Å². The van der Waals surface area contributed by atoms with Gasteiger partial charge in [-0.1, -0.05) is 83.9 Å². The topological polar surface area (TPSA) is 73.6 Å². The molecule has 0 bridgehead atoms. The van der Waals surface area contributed by atoms with Crippen LogP contribution < -0.4 is 20.7 Å². The van der Waals surface area contributed by atoms with E-state index in [1.807, 2.05) is 66.1 Å². The van der Waals surface area contributed by atoms with Crippen molar-refractivity contribution >= 4 is 29.1 Å². The second-order valence-electron chi connectivity index (χ2n) is 5.90. The fraction of sp³-hybridized carbons (Fsp3) is 0.0500. The van der Waals surface area contributed by atoms with Crippen LogP contribution in [0.2, 0.25) is 10.0 Å². The summed E-state index contributed by atoms with van der Waals surface area (Å²) in [6.45, 7) is 0. The molecule has 27 heavy (non-hydrogen) atoms. The number of ether oxygens (including phenoxy) is 2. The van der Waals surface area contributed by atoms with Crippen LogP contribution in [0.1, 0.15) is 21.5 Å². The predicted octanol–water partition coefficient (Wildman–Crippen LogP) is 4.27. The van der Waals surface area contributed by atoms with E-state index in [0.717, 1.165) is 11.1 Å². The largest absolute Gasteiger partial charge is 0.439 e. The zero-order valence-electron chi connectivity index (χ0n) is 13.9. The summed E-state index contributed by atoms with van der Waals surface area (Å²) in [5.41, 5.74) is 3.65. The van der Waals surface area contributed by atoms with Crippen LogP contribution in [-0.2, 0) is 5.79 Å². The molecule has 0 saturated carbocycles. The van der Waals surface area contributed by atoms with Gasteiger partial charge < -0.3 is 9.47 Å². The third kappa shape index (κ3) is 2.80. The van der Waals surface area contributed by atoms with Gasteiger partial charge >= 0.3 is 5.79 Å². The molecule has 1 aliphatic heterocycles. The molecule has 1 amide bonds. The number of fused-ring (bicyclic) bond motifs is 1. The van der Waals surface area contributed by atoms with E-state index >= 15 is 0 Å². The molecular weight excluding hydrogens is 387 g/mol. The van der Waals surface area contributed by atoms with Gasteiger partial charge in [0.25, 0.3) is 5.91 Å². The molecular formula is C20H14Cl2N2O3. The molecule has 0 spiro atoms. The number of hydrazine groups is 1. The zero-order valence-corrected chi connectivity index (χ0v) is 15.4. The highest BCUT2D eigenvalue weighted by Crippen LogP contribution is 2.54. The highest BCUT2D eigenvalue weighted by molar-refractivity contribution is 6.38. The normalized spacial score (nSPS) is 14.0. The molecule has 1 heterocycles. The number of hydrogen-bond donors (Lipinski definition) is 2. The van der Waals surface area contributed by atoms with Crippen molar-refractivity contribution in [1.29, 1.82) is 0 Å². The maximum absolute atomic E-state index is 12.0. The summed E-state index contributed by atoms with van der Waals surface area (Å²) in [5, 5.41) is 0.271. The zero-order chi connectivity index (χ0) is 19.0. The van der Waals surface area contributed by atoms with E-state index in [4.69, 9.17) is 38.5 Å². The van der Waals surface area contributed by atoms with Gasteiger partial charge in [0.05, 0.1) is 15.6 Å². The molecule has 3 aromatic carbocycles. The van der Waals surface area contributed by atoms with Crippen LogP contribution in [0.25, 0.3) is 0 Å². The highest BCUT2D eigenvalue weighted by atomic mass is 35.5. The number of carbonyl (C=O) groups excluding carboxylic acids is 1. The maximum atomic E-state index is 12.0. The molecule has 4 rings (SSSR count). The summed E-state index contributed by atoms with van der Waals surface area (Å²) in [6.07, 6.45) is 0. The number of hydrogen-bond acceptors (Lipinski definition) is 4. The van der Waals surface area contributed by atoms with E-state index in [2.05, 4.69) is 0 Å². The Morgan fingerprint density at radius 1 is 0.889 bits per heavy atom. The van der Waals surface area contributed by atoms with Crippen molar-refractivity contribution in [2.75, 3.05) is 0 Å². The summed E-state index contributed by atoms with van der Waals surface area (Å²) >= 11 is 12.8. The average Bonchev–Trinajstić information content (AvgIpc) is 3.14. The van der Waals surface area contributed by atoms with Gasteiger partial charge in [0.1, 0.15) is 0 Å². The second-order valence-corrected chi connectivity index (χ2v) is 6.69. The van der Waals surface area contributed by atoms with Crippen LogP contribution in [0.15, 0.2) is 66.7 Å². The Bertz CT molecular complexity index is 971. The molecule has 0 aliphatic carbocycles. The number of halogens is 2. The SMILES string of the molecule is NNC(=O)c1cc(Cl)c2c(c1Cl)OC(c1ccccc1)(c1ccccc1)O2. The number of nitrogen functional groups attached to an aromatic ring is 1. The van der Waals surface area contributed by atoms with E-state index in [1.165, 1.54) is 6.07 Å². The van der Waals surface area contributed by atoms with Crippen LogP contribution in [0.3, 0.4) is 0 Å². The van der Waals surface area contributed by atoms with Crippen molar-refractivity contribution in [2.24, 2.45) is 5.84 Å². The van der Waals surface area contributed by atoms with Gasteiger partial charge in [0.15, 0.2) is 11.5 Å². The first kappa shape index (κ1) is 17.7. The number of rotatable bonds is 3. The fourth-order valence-corrected chi connectivity index (χ4v) is 3.54. The Labute approximate surface area is 165 Å². The molecule has 0 fully saturated rings. The number of carbonyl (C=O) groups is 1. The third-order valence-corrected chi connectivity index (χ3v) is 4.96. The summed E-state index contributed by atoms with van der Waals surface area (Å²) in [6, 6.07) is 20.3. The first-order valence-electron chi connectivity index (χ1n) is 8.09. The van der Waals surface area contributed by atoms with Crippen LogP contribution in [0.5, 0.6) is 11.5 Å². The van der Waals surface area contributed by atoms with Gasteiger partial charge in [-0.25, -0.2) is 5.84 Å². The van der Waals surface area contributed by atoms with Gasteiger partial charge in [-0.05, 0) is 6.07 Å². The minimum Gasteiger partial charge on any atom is -0.439 e. The first-order chi connectivity index (χ1) is 13.1. The van der Waals surface area contributed by atoms with Crippen molar-refractivity contribution in [3.05, 3.63) is 93.5 Å². The first-order valence-corrected chi connectivity index (χ1v) is 8.84. The standard InChI is InChI=1S/C20H14Cl2N2O3/c21-15-11-14(19(25)24-23)16(22)18-17(15)26-20(27-18,12-7-3-1-4-8-12)13-9-5-2-6-10-13/h1-11H,23H2,(H,24,25). The Hall–Kier alpha value is -2.73. The lowest BCUT2D eigenvalue weighted by Gasteiger charge is -2.28. The minimum absolute atomic E-state index is 0.0751. The predicted molar refractivity (Wildman–Crippen MR) is 103 cm³/mol. The summed E-state index contributed by atoms with van der Waals surface area (Å²) in [4.78, 5) is 12.0. The molecule has 0 aromatic heterocycles. The molecule has 3 aromatic rings.